The molecule has 5 heteroatoms. The van der Waals surface area contributed by atoms with Gasteiger partial charge in [-0.3, -0.25) is 9.20 Å². The minimum Gasteiger partial charge on any atom is -0.497 e. The second kappa shape index (κ2) is 6.59. The zero-order chi connectivity index (χ0) is 17.2. The molecule has 0 bridgehead atoms. The predicted octanol–water partition coefficient (Wildman–Crippen LogP) is 3.64. The number of hydrogen-bond donors (Lipinski definition) is 0. The highest BCUT2D eigenvalue weighted by Crippen LogP contribution is 2.28. The average molecular weight is 335 g/mol. The van der Waals surface area contributed by atoms with Crippen LogP contribution in [0.3, 0.4) is 0 Å². The zero-order valence-corrected chi connectivity index (χ0v) is 14.3. The summed E-state index contributed by atoms with van der Waals surface area (Å²) >= 11 is 0. The van der Waals surface area contributed by atoms with E-state index in [1.165, 1.54) is 6.42 Å². The topological polar surface area (TPSA) is 46.8 Å². The summed E-state index contributed by atoms with van der Waals surface area (Å²) in [6, 6.07) is 13.6. The molecule has 1 amide bonds. The highest BCUT2D eigenvalue weighted by atomic mass is 16.5. The number of carbonyl (C=O) groups is 1. The van der Waals surface area contributed by atoms with Crippen molar-refractivity contribution in [3.05, 3.63) is 54.4 Å². The first kappa shape index (κ1) is 15.7. The summed E-state index contributed by atoms with van der Waals surface area (Å²) in [4.78, 5) is 19.7. The van der Waals surface area contributed by atoms with Crippen LogP contribution in [-0.4, -0.2) is 40.4 Å². The van der Waals surface area contributed by atoms with Crippen LogP contribution < -0.4 is 4.74 Å². The Bertz CT molecular complexity index is 893. The molecule has 0 spiro atoms. The van der Waals surface area contributed by atoms with Gasteiger partial charge in [-0.1, -0.05) is 6.07 Å². The lowest BCUT2D eigenvalue weighted by Gasteiger charge is -2.26. The van der Waals surface area contributed by atoms with E-state index < -0.39 is 0 Å². The summed E-state index contributed by atoms with van der Waals surface area (Å²) in [5.74, 6) is 0.815. The van der Waals surface area contributed by atoms with Gasteiger partial charge in [-0.2, -0.15) is 0 Å². The van der Waals surface area contributed by atoms with Crippen LogP contribution in [0.2, 0.25) is 0 Å². The summed E-state index contributed by atoms with van der Waals surface area (Å²) in [6.07, 6.45) is 5.28. The molecule has 0 saturated carbocycles. The maximum absolute atomic E-state index is 13.1. The van der Waals surface area contributed by atoms with Gasteiger partial charge in [0.1, 0.15) is 11.4 Å². The Morgan fingerprint density at radius 3 is 2.52 bits per heavy atom. The van der Waals surface area contributed by atoms with Crippen LogP contribution in [0.15, 0.2) is 48.7 Å². The number of aromatic nitrogens is 2. The number of pyridine rings is 1. The Morgan fingerprint density at radius 1 is 1.04 bits per heavy atom. The van der Waals surface area contributed by atoms with Gasteiger partial charge < -0.3 is 9.64 Å². The number of carbonyl (C=O) groups excluding carboxylic acids is 1. The number of rotatable bonds is 3. The first-order chi connectivity index (χ1) is 12.3. The number of imidazole rings is 1. The van der Waals surface area contributed by atoms with E-state index in [0.717, 1.165) is 48.6 Å². The highest BCUT2D eigenvalue weighted by molar-refractivity contribution is 5.99. The summed E-state index contributed by atoms with van der Waals surface area (Å²) < 4.78 is 7.23. The number of methoxy groups -OCH3 is 1. The van der Waals surface area contributed by atoms with Crippen molar-refractivity contribution >= 4 is 11.6 Å². The van der Waals surface area contributed by atoms with E-state index in [1.54, 1.807) is 7.11 Å². The number of ether oxygens (including phenoxy) is 1. The van der Waals surface area contributed by atoms with E-state index in [4.69, 9.17) is 4.74 Å². The predicted molar refractivity (Wildman–Crippen MR) is 96.9 cm³/mol. The van der Waals surface area contributed by atoms with Crippen molar-refractivity contribution in [3.63, 3.8) is 0 Å². The molecule has 128 valence electrons. The minimum absolute atomic E-state index is 0.0224. The van der Waals surface area contributed by atoms with E-state index >= 15 is 0 Å². The lowest BCUT2D eigenvalue weighted by molar-refractivity contribution is 0.0720. The standard InChI is InChI=1S/C20H21N3O2/c1-25-16-10-8-15(9-11-16)19-18(20(24)22-12-4-2-5-13-22)21-17-7-3-6-14-23(17)19/h3,6-11,14H,2,4-5,12-13H2,1H3. The number of amides is 1. The van der Waals surface area contributed by atoms with Crippen molar-refractivity contribution in [3.8, 4) is 17.0 Å². The first-order valence-corrected chi connectivity index (χ1v) is 8.69. The van der Waals surface area contributed by atoms with Crippen molar-refractivity contribution in [1.29, 1.82) is 0 Å². The highest BCUT2D eigenvalue weighted by Gasteiger charge is 2.25. The first-order valence-electron chi connectivity index (χ1n) is 8.69. The van der Waals surface area contributed by atoms with Crippen molar-refractivity contribution in [2.45, 2.75) is 19.3 Å². The molecule has 5 nitrogen and oxygen atoms in total. The Morgan fingerprint density at radius 2 is 1.80 bits per heavy atom. The van der Waals surface area contributed by atoms with Gasteiger partial charge >= 0.3 is 0 Å². The number of nitrogens with zero attached hydrogens (tertiary/aromatic N) is 3. The van der Waals surface area contributed by atoms with E-state index in [2.05, 4.69) is 4.98 Å². The fourth-order valence-electron chi connectivity index (χ4n) is 3.42. The maximum atomic E-state index is 13.1. The summed E-state index contributed by atoms with van der Waals surface area (Å²) in [5.41, 5.74) is 3.11. The zero-order valence-electron chi connectivity index (χ0n) is 14.3. The van der Waals surface area contributed by atoms with Gasteiger partial charge in [0, 0.05) is 24.8 Å². The normalized spacial score (nSPS) is 14.7. The Labute approximate surface area is 146 Å². The van der Waals surface area contributed by atoms with Crippen molar-refractivity contribution in [2.75, 3.05) is 20.2 Å². The number of benzene rings is 1. The number of hydrogen-bond acceptors (Lipinski definition) is 3. The third-order valence-electron chi connectivity index (χ3n) is 4.74. The molecule has 0 radical (unpaired) electrons. The smallest absolute Gasteiger partial charge is 0.274 e. The lowest BCUT2D eigenvalue weighted by Crippen LogP contribution is -2.36. The van der Waals surface area contributed by atoms with Crippen LogP contribution in [0.25, 0.3) is 16.9 Å². The molecule has 4 rings (SSSR count). The molecule has 3 heterocycles. The number of piperidine rings is 1. The fourth-order valence-corrected chi connectivity index (χ4v) is 3.42. The van der Waals surface area contributed by atoms with Crippen LogP contribution in [0.1, 0.15) is 29.8 Å². The van der Waals surface area contributed by atoms with E-state index in [1.807, 2.05) is 58.0 Å². The van der Waals surface area contributed by atoms with Gasteiger partial charge in [-0.15, -0.1) is 0 Å². The molecule has 1 aliphatic heterocycles. The second-order valence-corrected chi connectivity index (χ2v) is 6.32. The van der Waals surface area contributed by atoms with Gasteiger partial charge in [0.05, 0.1) is 12.8 Å². The molecular weight excluding hydrogens is 314 g/mol. The van der Waals surface area contributed by atoms with Gasteiger partial charge in [-0.05, 0) is 55.7 Å². The van der Waals surface area contributed by atoms with Gasteiger partial charge in [-0.25, -0.2) is 4.98 Å². The summed E-state index contributed by atoms with van der Waals surface area (Å²) in [5, 5.41) is 0. The molecule has 1 fully saturated rings. The molecule has 1 aromatic carbocycles. The van der Waals surface area contributed by atoms with Gasteiger partial charge in [0.15, 0.2) is 5.69 Å². The number of likely N-dealkylation sites (tertiary alicyclic amines) is 1. The monoisotopic (exact) mass is 335 g/mol. The summed E-state index contributed by atoms with van der Waals surface area (Å²) in [7, 11) is 1.65. The molecule has 0 aliphatic carbocycles. The Hall–Kier alpha value is -2.82. The molecule has 0 unspecified atom stereocenters. The molecule has 0 atom stereocenters. The van der Waals surface area contributed by atoms with Crippen molar-refractivity contribution in [1.82, 2.24) is 14.3 Å². The van der Waals surface area contributed by atoms with Crippen molar-refractivity contribution in [2.24, 2.45) is 0 Å². The van der Waals surface area contributed by atoms with Crippen LogP contribution >= 0.6 is 0 Å². The SMILES string of the molecule is COc1ccc(-c2c(C(=O)N3CCCCC3)nc3ccccn23)cc1. The molecule has 0 N–H and O–H groups in total. The average Bonchev–Trinajstić information content (AvgIpc) is 3.07. The van der Waals surface area contributed by atoms with Crippen LogP contribution in [0.4, 0.5) is 0 Å². The maximum Gasteiger partial charge on any atom is 0.274 e. The second-order valence-electron chi connectivity index (χ2n) is 6.32. The quantitative estimate of drug-likeness (QED) is 0.734. The van der Waals surface area contributed by atoms with Crippen LogP contribution in [0, 0.1) is 0 Å². The van der Waals surface area contributed by atoms with Crippen molar-refractivity contribution < 1.29 is 9.53 Å². The Kier molecular flexibility index (Phi) is 4.14. The number of fused-ring (bicyclic) bond motifs is 1. The molecular formula is C20H21N3O2. The van der Waals surface area contributed by atoms with Gasteiger partial charge in [0.2, 0.25) is 0 Å². The van der Waals surface area contributed by atoms with E-state index in [-0.39, 0.29) is 5.91 Å². The minimum atomic E-state index is 0.0224. The molecule has 1 saturated heterocycles. The van der Waals surface area contributed by atoms with E-state index in [9.17, 15) is 4.79 Å². The third kappa shape index (κ3) is 2.86. The molecule has 1 aliphatic rings. The van der Waals surface area contributed by atoms with Crippen LogP contribution in [-0.2, 0) is 0 Å². The summed E-state index contributed by atoms with van der Waals surface area (Å²) in [6.45, 7) is 1.63. The van der Waals surface area contributed by atoms with E-state index in [0.29, 0.717) is 5.69 Å². The molecule has 2 aromatic heterocycles. The lowest BCUT2D eigenvalue weighted by atomic mass is 10.1. The third-order valence-corrected chi connectivity index (χ3v) is 4.74. The molecule has 3 aromatic rings. The Balaban J connectivity index is 1.84. The van der Waals surface area contributed by atoms with Gasteiger partial charge in [0.25, 0.3) is 5.91 Å². The largest absolute Gasteiger partial charge is 0.497 e. The molecule has 25 heavy (non-hydrogen) atoms. The fraction of sp³-hybridized carbons (Fsp3) is 0.300. The van der Waals surface area contributed by atoms with Crippen LogP contribution in [0.5, 0.6) is 5.75 Å².